The fraction of sp³-hybridized carbons (Fsp3) is 0.143. The van der Waals surface area contributed by atoms with Gasteiger partial charge in [-0.25, -0.2) is 9.78 Å². The van der Waals surface area contributed by atoms with E-state index in [1.54, 1.807) is 0 Å². The van der Waals surface area contributed by atoms with Crippen LogP contribution < -0.4 is 0 Å². The van der Waals surface area contributed by atoms with Gasteiger partial charge in [0.05, 0.1) is 16.8 Å². The average Bonchev–Trinajstić information content (AvgIpc) is 2.61. The molecule has 0 saturated heterocycles. The van der Waals surface area contributed by atoms with Gasteiger partial charge in [-0.15, -0.1) is 0 Å². The molecule has 0 bridgehead atoms. The second-order valence-electron chi connectivity index (χ2n) is 6.18. The summed E-state index contributed by atoms with van der Waals surface area (Å²) in [5.74, 6) is -0.895. The highest BCUT2D eigenvalue weighted by molar-refractivity contribution is 6.32. The molecule has 0 aliphatic heterocycles. The number of aromatic carboxylic acids is 1. The Hall–Kier alpha value is -2.65. The monoisotopic (exact) mass is 349 g/mol. The smallest absolute Gasteiger partial charge is 0.336 e. The van der Waals surface area contributed by atoms with E-state index in [1.807, 2.05) is 54.6 Å². The normalized spacial score (nSPS) is 15.3. The number of hydrogen-bond acceptors (Lipinski definition) is 2. The van der Waals surface area contributed by atoms with Crippen molar-refractivity contribution in [1.29, 1.82) is 0 Å². The van der Waals surface area contributed by atoms with Gasteiger partial charge in [-0.05, 0) is 54.2 Å². The van der Waals surface area contributed by atoms with Crippen LogP contribution in [-0.2, 0) is 6.42 Å². The zero-order chi connectivity index (χ0) is 17.4. The number of hydrogen-bond donors (Lipinski definition) is 1. The predicted octanol–water partition coefficient (Wildman–Crippen LogP) is 5.46. The summed E-state index contributed by atoms with van der Waals surface area (Å²) in [6.07, 6.45) is 4.54. The van der Waals surface area contributed by atoms with Crippen LogP contribution in [0.15, 0.2) is 48.5 Å². The topological polar surface area (TPSA) is 50.2 Å². The van der Waals surface area contributed by atoms with Crippen molar-refractivity contribution in [3.8, 4) is 0 Å². The Kier molecular flexibility index (Phi) is 4.02. The molecule has 1 aliphatic rings. The molecule has 1 aromatic heterocycles. The van der Waals surface area contributed by atoms with Crippen LogP contribution in [0.25, 0.3) is 22.6 Å². The number of carboxylic acid groups (broad SMARTS) is 1. The third-order valence-electron chi connectivity index (χ3n) is 4.62. The number of para-hydroxylation sites is 1. The zero-order valence-electron chi connectivity index (χ0n) is 13.5. The summed E-state index contributed by atoms with van der Waals surface area (Å²) in [5.41, 5.74) is 4.69. The van der Waals surface area contributed by atoms with Crippen LogP contribution in [0.3, 0.4) is 0 Å². The molecule has 1 heterocycles. The van der Waals surface area contributed by atoms with E-state index in [9.17, 15) is 9.90 Å². The van der Waals surface area contributed by atoms with Crippen LogP contribution in [0.5, 0.6) is 0 Å². The van der Waals surface area contributed by atoms with Gasteiger partial charge in [0.1, 0.15) is 0 Å². The molecule has 0 atom stereocenters. The molecule has 2 aromatic carbocycles. The van der Waals surface area contributed by atoms with Gasteiger partial charge in [0.15, 0.2) is 0 Å². The number of allylic oxidation sites excluding steroid dienone is 1. The Morgan fingerprint density at radius 3 is 2.64 bits per heavy atom. The summed E-state index contributed by atoms with van der Waals surface area (Å²) < 4.78 is 0. The summed E-state index contributed by atoms with van der Waals surface area (Å²) in [4.78, 5) is 16.7. The molecule has 0 amide bonds. The first-order chi connectivity index (χ1) is 12.1. The molecule has 4 heteroatoms. The lowest BCUT2D eigenvalue weighted by Gasteiger charge is -2.21. The summed E-state index contributed by atoms with van der Waals surface area (Å²) >= 11 is 6.29. The highest BCUT2D eigenvalue weighted by Gasteiger charge is 2.24. The first kappa shape index (κ1) is 15.9. The van der Waals surface area contributed by atoms with Gasteiger partial charge in [-0.3, -0.25) is 0 Å². The third-order valence-corrected chi connectivity index (χ3v) is 4.96. The SMILES string of the molecule is O=C(O)c1c2c(nc3ccccc13)/C(=C/c1ccccc1Cl)CCC2. The van der Waals surface area contributed by atoms with E-state index >= 15 is 0 Å². The molecule has 25 heavy (non-hydrogen) atoms. The third kappa shape index (κ3) is 2.81. The van der Waals surface area contributed by atoms with Gasteiger partial charge in [0.2, 0.25) is 0 Å². The fourth-order valence-corrected chi connectivity index (χ4v) is 3.69. The molecular weight excluding hydrogens is 334 g/mol. The van der Waals surface area contributed by atoms with E-state index in [2.05, 4.69) is 0 Å². The van der Waals surface area contributed by atoms with E-state index in [0.29, 0.717) is 21.5 Å². The van der Waals surface area contributed by atoms with Crippen LogP contribution in [0.1, 0.15) is 40.0 Å². The Bertz CT molecular complexity index is 1020. The first-order valence-corrected chi connectivity index (χ1v) is 8.63. The van der Waals surface area contributed by atoms with Crippen LogP contribution in [0.4, 0.5) is 0 Å². The molecule has 1 N–H and O–H groups in total. The minimum atomic E-state index is -0.895. The summed E-state index contributed by atoms with van der Waals surface area (Å²) in [7, 11) is 0. The van der Waals surface area contributed by atoms with Gasteiger partial charge >= 0.3 is 5.97 Å². The number of aromatic nitrogens is 1. The van der Waals surface area contributed by atoms with Crippen molar-refractivity contribution in [3.63, 3.8) is 0 Å². The lowest BCUT2D eigenvalue weighted by molar-refractivity contribution is 0.0697. The van der Waals surface area contributed by atoms with Crippen molar-refractivity contribution in [3.05, 3.63) is 75.9 Å². The molecular formula is C21H16ClNO2. The lowest BCUT2D eigenvalue weighted by Crippen LogP contribution is -2.13. The molecule has 1 aliphatic carbocycles. The number of pyridine rings is 1. The van der Waals surface area contributed by atoms with Gasteiger partial charge < -0.3 is 5.11 Å². The maximum atomic E-state index is 11.9. The first-order valence-electron chi connectivity index (χ1n) is 8.25. The lowest BCUT2D eigenvalue weighted by atomic mass is 9.86. The van der Waals surface area contributed by atoms with Crippen molar-refractivity contribution in [2.45, 2.75) is 19.3 Å². The predicted molar refractivity (Wildman–Crippen MR) is 101 cm³/mol. The number of halogens is 1. The number of carbonyl (C=O) groups is 1. The van der Waals surface area contributed by atoms with Crippen molar-refractivity contribution < 1.29 is 9.90 Å². The Morgan fingerprint density at radius 1 is 1.08 bits per heavy atom. The van der Waals surface area contributed by atoms with Gasteiger partial charge in [-0.1, -0.05) is 48.0 Å². The zero-order valence-corrected chi connectivity index (χ0v) is 14.3. The van der Waals surface area contributed by atoms with Gasteiger partial charge in [0.25, 0.3) is 0 Å². The fourth-order valence-electron chi connectivity index (χ4n) is 3.50. The van der Waals surface area contributed by atoms with Crippen molar-refractivity contribution in [2.24, 2.45) is 0 Å². The van der Waals surface area contributed by atoms with E-state index < -0.39 is 5.97 Å². The Morgan fingerprint density at radius 2 is 1.84 bits per heavy atom. The number of rotatable bonds is 2. The molecule has 124 valence electrons. The molecule has 3 nitrogen and oxygen atoms in total. The minimum absolute atomic E-state index is 0.380. The molecule has 0 unspecified atom stereocenters. The molecule has 0 fully saturated rings. The Labute approximate surface area is 150 Å². The standard InChI is InChI=1S/C21H16ClNO2/c22-17-10-3-1-6-13(17)12-14-7-5-9-16-19(21(24)25)15-8-2-4-11-18(15)23-20(14)16/h1-4,6,8,10-12H,5,7,9H2,(H,24,25)/b14-12+. The van der Waals surface area contributed by atoms with E-state index in [-0.39, 0.29) is 0 Å². The number of fused-ring (bicyclic) bond motifs is 2. The number of benzene rings is 2. The molecule has 0 radical (unpaired) electrons. The molecule has 3 aromatic rings. The van der Waals surface area contributed by atoms with E-state index in [0.717, 1.165) is 41.7 Å². The van der Waals surface area contributed by atoms with E-state index in [4.69, 9.17) is 16.6 Å². The van der Waals surface area contributed by atoms with E-state index in [1.165, 1.54) is 0 Å². The maximum Gasteiger partial charge on any atom is 0.336 e. The highest BCUT2D eigenvalue weighted by atomic mass is 35.5. The quantitative estimate of drug-likeness (QED) is 0.668. The highest BCUT2D eigenvalue weighted by Crippen LogP contribution is 2.36. The van der Waals surface area contributed by atoms with Gasteiger partial charge in [0, 0.05) is 10.4 Å². The number of carboxylic acids is 1. The minimum Gasteiger partial charge on any atom is -0.478 e. The van der Waals surface area contributed by atoms with Crippen LogP contribution in [-0.4, -0.2) is 16.1 Å². The van der Waals surface area contributed by atoms with Gasteiger partial charge in [-0.2, -0.15) is 0 Å². The average molecular weight is 350 g/mol. The maximum absolute atomic E-state index is 11.9. The molecule has 0 saturated carbocycles. The van der Waals surface area contributed by atoms with Crippen LogP contribution in [0, 0.1) is 0 Å². The summed E-state index contributed by atoms with van der Waals surface area (Å²) in [6, 6.07) is 15.1. The number of nitrogens with zero attached hydrogens (tertiary/aromatic N) is 1. The Balaban J connectivity index is 1.99. The second-order valence-corrected chi connectivity index (χ2v) is 6.59. The second kappa shape index (κ2) is 6.34. The van der Waals surface area contributed by atoms with Crippen LogP contribution in [0.2, 0.25) is 5.02 Å². The summed E-state index contributed by atoms with van der Waals surface area (Å²) in [5, 5.41) is 11.2. The summed E-state index contributed by atoms with van der Waals surface area (Å²) in [6.45, 7) is 0. The molecule has 0 spiro atoms. The van der Waals surface area contributed by atoms with Crippen molar-refractivity contribution in [2.75, 3.05) is 0 Å². The van der Waals surface area contributed by atoms with Crippen LogP contribution >= 0.6 is 11.6 Å². The molecule has 4 rings (SSSR count). The largest absolute Gasteiger partial charge is 0.478 e. The van der Waals surface area contributed by atoms with Crippen molar-refractivity contribution >= 4 is 40.1 Å². The van der Waals surface area contributed by atoms with Crippen molar-refractivity contribution in [1.82, 2.24) is 4.98 Å².